The van der Waals surface area contributed by atoms with E-state index in [-0.39, 0.29) is 0 Å². The highest BCUT2D eigenvalue weighted by molar-refractivity contribution is 7.18. The second-order valence-corrected chi connectivity index (χ2v) is 7.67. The number of rotatable bonds is 6. The molecule has 0 aliphatic heterocycles. The van der Waals surface area contributed by atoms with Gasteiger partial charge in [-0.3, -0.25) is 0 Å². The van der Waals surface area contributed by atoms with Crippen molar-refractivity contribution in [3.8, 4) is 10.6 Å². The number of hydrogen-bond donors (Lipinski definition) is 1. The van der Waals surface area contributed by atoms with Crippen LogP contribution in [0.25, 0.3) is 21.5 Å². The van der Waals surface area contributed by atoms with Crippen LogP contribution < -0.4 is 15.8 Å². The summed E-state index contributed by atoms with van der Waals surface area (Å²) in [7, 11) is 0. The van der Waals surface area contributed by atoms with E-state index in [1.807, 2.05) is 55.5 Å². The molecule has 0 saturated heterocycles. The molecule has 29 heavy (non-hydrogen) atoms. The van der Waals surface area contributed by atoms with E-state index in [0.29, 0.717) is 21.3 Å². The minimum absolute atomic E-state index is 0.409. The molecule has 2 aromatic heterocycles. The summed E-state index contributed by atoms with van der Waals surface area (Å²) in [6.45, 7) is 8.02. The van der Waals surface area contributed by atoms with Gasteiger partial charge in [-0.15, -0.1) is 10.2 Å². The second-order valence-electron chi connectivity index (χ2n) is 6.69. The number of para-hydroxylation sites is 1. The van der Waals surface area contributed by atoms with Crippen molar-refractivity contribution in [1.82, 2.24) is 10.2 Å². The van der Waals surface area contributed by atoms with Gasteiger partial charge in [0.1, 0.15) is 5.58 Å². The molecule has 0 atom stereocenters. The summed E-state index contributed by atoms with van der Waals surface area (Å²) < 4.78 is 5.61. The number of nitrogens with zero attached hydrogens (tertiary/aromatic N) is 3. The Labute approximate surface area is 172 Å². The van der Waals surface area contributed by atoms with E-state index in [2.05, 4.69) is 34.3 Å². The van der Waals surface area contributed by atoms with Crippen LogP contribution in [0.3, 0.4) is 0 Å². The van der Waals surface area contributed by atoms with Gasteiger partial charge in [0.05, 0.1) is 5.56 Å². The van der Waals surface area contributed by atoms with Crippen LogP contribution in [-0.2, 0) is 0 Å². The van der Waals surface area contributed by atoms with Gasteiger partial charge >= 0.3 is 5.63 Å². The fourth-order valence-electron chi connectivity index (χ4n) is 3.25. The summed E-state index contributed by atoms with van der Waals surface area (Å²) in [5.41, 5.74) is 3.70. The maximum Gasteiger partial charge on any atom is 0.346 e. The minimum Gasteiger partial charge on any atom is -0.422 e. The number of benzene rings is 2. The molecular formula is C22H22N4O2S. The van der Waals surface area contributed by atoms with E-state index in [4.69, 9.17) is 4.42 Å². The zero-order chi connectivity index (χ0) is 20.4. The number of anilines is 3. The smallest absolute Gasteiger partial charge is 0.346 e. The standard InChI is InChI=1S/C22H22N4O2S/c1-4-26(5-2)16-11-10-15-12-17(21(27)28-19(15)13-16)20-24-25-22(29-20)23-18-9-7-6-8-14(18)3/h6-13H,4-5H2,1-3H3,(H,23,25). The van der Waals surface area contributed by atoms with Crippen molar-refractivity contribution in [2.24, 2.45) is 0 Å². The molecule has 1 N–H and O–H groups in total. The lowest BCUT2D eigenvalue weighted by Crippen LogP contribution is -2.21. The Bertz CT molecular complexity index is 1210. The van der Waals surface area contributed by atoms with Gasteiger partial charge < -0.3 is 14.6 Å². The number of aromatic nitrogens is 2. The molecule has 4 aromatic rings. The largest absolute Gasteiger partial charge is 0.422 e. The lowest BCUT2D eigenvalue weighted by atomic mass is 10.1. The first kappa shape index (κ1) is 19.1. The summed E-state index contributed by atoms with van der Waals surface area (Å²) in [4.78, 5) is 14.8. The van der Waals surface area contributed by atoms with E-state index < -0.39 is 5.63 Å². The molecule has 0 aliphatic carbocycles. The molecule has 148 valence electrons. The molecule has 0 amide bonds. The monoisotopic (exact) mass is 406 g/mol. The Morgan fingerprint density at radius 3 is 2.62 bits per heavy atom. The van der Waals surface area contributed by atoms with Gasteiger partial charge in [-0.1, -0.05) is 29.5 Å². The predicted molar refractivity (Wildman–Crippen MR) is 119 cm³/mol. The first-order valence-corrected chi connectivity index (χ1v) is 10.4. The average Bonchev–Trinajstić information content (AvgIpc) is 3.18. The fourth-order valence-corrected chi connectivity index (χ4v) is 4.01. The predicted octanol–water partition coefficient (Wildman–Crippen LogP) is 5.21. The number of nitrogens with one attached hydrogen (secondary N) is 1. The molecular weight excluding hydrogens is 384 g/mol. The van der Waals surface area contributed by atoms with Crippen molar-refractivity contribution >= 4 is 38.8 Å². The lowest BCUT2D eigenvalue weighted by molar-refractivity contribution is 0.563. The molecule has 0 bridgehead atoms. The molecule has 0 radical (unpaired) electrons. The van der Waals surface area contributed by atoms with Crippen molar-refractivity contribution in [2.75, 3.05) is 23.3 Å². The van der Waals surface area contributed by atoms with Crippen LogP contribution in [-0.4, -0.2) is 23.3 Å². The number of fused-ring (bicyclic) bond motifs is 1. The van der Waals surface area contributed by atoms with Gasteiger partial charge in [-0.25, -0.2) is 4.79 Å². The van der Waals surface area contributed by atoms with E-state index in [9.17, 15) is 4.79 Å². The lowest BCUT2D eigenvalue weighted by Gasteiger charge is -2.20. The van der Waals surface area contributed by atoms with Crippen molar-refractivity contribution in [3.05, 3.63) is 64.5 Å². The van der Waals surface area contributed by atoms with E-state index >= 15 is 0 Å². The number of hydrogen-bond acceptors (Lipinski definition) is 7. The Morgan fingerprint density at radius 2 is 1.86 bits per heavy atom. The normalized spacial score (nSPS) is 11.0. The van der Waals surface area contributed by atoms with Gasteiger partial charge in [0, 0.05) is 35.9 Å². The highest BCUT2D eigenvalue weighted by Gasteiger charge is 2.14. The average molecular weight is 407 g/mol. The number of aryl methyl sites for hydroxylation is 1. The molecule has 0 saturated carbocycles. The van der Waals surface area contributed by atoms with Crippen LogP contribution in [0, 0.1) is 6.92 Å². The Kier molecular flexibility index (Phi) is 5.31. The molecule has 2 heterocycles. The first-order valence-electron chi connectivity index (χ1n) is 9.58. The van der Waals surface area contributed by atoms with Crippen molar-refractivity contribution in [2.45, 2.75) is 20.8 Å². The van der Waals surface area contributed by atoms with Crippen LogP contribution in [0.1, 0.15) is 19.4 Å². The Balaban J connectivity index is 1.67. The maximum absolute atomic E-state index is 12.6. The second kappa shape index (κ2) is 8.05. The van der Waals surface area contributed by atoms with Gasteiger partial charge in [-0.05, 0) is 50.6 Å². The summed E-state index contributed by atoms with van der Waals surface area (Å²) in [5.74, 6) is 0. The SMILES string of the molecule is CCN(CC)c1ccc2cc(-c3nnc(Nc4ccccc4C)s3)c(=O)oc2c1. The zero-order valence-electron chi connectivity index (χ0n) is 16.6. The first-order chi connectivity index (χ1) is 14.1. The molecule has 0 unspecified atom stereocenters. The van der Waals surface area contributed by atoms with Crippen LogP contribution in [0.4, 0.5) is 16.5 Å². The summed E-state index contributed by atoms with van der Waals surface area (Å²) in [6.07, 6.45) is 0. The van der Waals surface area contributed by atoms with Crippen molar-refractivity contribution in [1.29, 1.82) is 0 Å². The van der Waals surface area contributed by atoms with Crippen LogP contribution in [0.2, 0.25) is 0 Å². The Hall–Kier alpha value is -3.19. The van der Waals surface area contributed by atoms with Gasteiger partial charge in [-0.2, -0.15) is 0 Å². The zero-order valence-corrected chi connectivity index (χ0v) is 17.4. The van der Waals surface area contributed by atoms with E-state index in [1.165, 1.54) is 11.3 Å². The molecule has 0 aliphatic rings. The summed E-state index contributed by atoms with van der Waals surface area (Å²) in [6, 6.07) is 15.7. The third-order valence-corrected chi connectivity index (χ3v) is 5.76. The highest BCUT2D eigenvalue weighted by atomic mass is 32.1. The van der Waals surface area contributed by atoms with Crippen molar-refractivity contribution < 1.29 is 4.42 Å². The molecule has 6 nitrogen and oxygen atoms in total. The van der Waals surface area contributed by atoms with Crippen LogP contribution >= 0.6 is 11.3 Å². The van der Waals surface area contributed by atoms with Gasteiger partial charge in [0.15, 0.2) is 5.01 Å². The molecule has 7 heteroatoms. The van der Waals surface area contributed by atoms with E-state index in [0.717, 1.165) is 35.4 Å². The summed E-state index contributed by atoms with van der Waals surface area (Å²) in [5, 5.41) is 13.7. The quantitative estimate of drug-likeness (QED) is 0.443. The molecule has 2 aromatic carbocycles. The van der Waals surface area contributed by atoms with Gasteiger partial charge in [0.25, 0.3) is 0 Å². The van der Waals surface area contributed by atoms with Crippen LogP contribution in [0.15, 0.2) is 57.7 Å². The fraction of sp³-hybridized carbons (Fsp3) is 0.227. The third kappa shape index (κ3) is 3.86. The van der Waals surface area contributed by atoms with E-state index in [1.54, 1.807) is 0 Å². The van der Waals surface area contributed by atoms with Gasteiger partial charge in [0.2, 0.25) is 5.13 Å². The van der Waals surface area contributed by atoms with Crippen LogP contribution in [0.5, 0.6) is 0 Å². The highest BCUT2D eigenvalue weighted by Crippen LogP contribution is 2.30. The minimum atomic E-state index is -0.409. The third-order valence-electron chi connectivity index (χ3n) is 4.89. The summed E-state index contributed by atoms with van der Waals surface area (Å²) >= 11 is 1.33. The Morgan fingerprint density at radius 1 is 1.07 bits per heavy atom. The topological polar surface area (TPSA) is 71.3 Å². The molecule has 0 spiro atoms. The molecule has 0 fully saturated rings. The molecule has 4 rings (SSSR count). The van der Waals surface area contributed by atoms with Crippen molar-refractivity contribution in [3.63, 3.8) is 0 Å². The maximum atomic E-state index is 12.6.